The van der Waals surface area contributed by atoms with Crippen LogP contribution >= 0.6 is 7.82 Å². The number of hydrazine groups is 1. The fraction of sp³-hybridized carbons (Fsp3) is 0.333. The van der Waals surface area contributed by atoms with E-state index in [1.54, 1.807) is 0 Å². The van der Waals surface area contributed by atoms with Crippen molar-refractivity contribution in [2.75, 3.05) is 5.17 Å². The van der Waals surface area contributed by atoms with Crippen molar-refractivity contribution < 1.29 is 58.0 Å². The maximum absolute atomic E-state index is 13.1. The first-order valence-corrected chi connectivity index (χ1v) is 7.27. The Morgan fingerprint density at radius 3 is 1.48 bits per heavy atom. The van der Waals surface area contributed by atoms with Crippen molar-refractivity contribution in [2.24, 2.45) is 0 Å². The molecule has 25 heavy (non-hydrogen) atoms. The van der Waals surface area contributed by atoms with Crippen LogP contribution in [0.25, 0.3) is 0 Å². The molecule has 0 aromatic heterocycles. The van der Waals surface area contributed by atoms with Crippen LogP contribution in [-0.4, -0.2) is 5.34 Å². The highest BCUT2D eigenvalue weighted by atomic mass is 31.2. The lowest BCUT2D eigenvalue weighted by molar-refractivity contribution is -0.319. The molecule has 2 bridgehead atoms. The van der Waals surface area contributed by atoms with Crippen LogP contribution < -0.4 is 5.17 Å². The van der Waals surface area contributed by atoms with Crippen LogP contribution in [0.1, 0.15) is 16.7 Å². The molecule has 0 amide bonds. The normalized spacial score (nSPS) is 26.8. The van der Waals surface area contributed by atoms with Gasteiger partial charge in [0.2, 0.25) is 0 Å². The summed E-state index contributed by atoms with van der Waals surface area (Å²) in [5.74, 6) is 0. The highest BCUT2D eigenvalue weighted by molar-refractivity contribution is 7.49. The van der Waals surface area contributed by atoms with Crippen molar-refractivity contribution in [1.82, 2.24) is 5.34 Å². The van der Waals surface area contributed by atoms with Crippen molar-refractivity contribution in [1.29, 1.82) is 0 Å². The summed E-state index contributed by atoms with van der Waals surface area (Å²) in [6.07, 6.45) is -16.8. The fourth-order valence-corrected chi connectivity index (χ4v) is 2.83. The van der Waals surface area contributed by atoms with E-state index in [2.05, 4.69) is 13.9 Å². The van der Waals surface area contributed by atoms with Gasteiger partial charge >= 0.3 is 26.4 Å². The van der Waals surface area contributed by atoms with E-state index in [-0.39, 0.29) is 5.34 Å². The number of hydrogen-bond acceptors (Lipinski definition) is 6. The molecule has 0 spiro atoms. The van der Waals surface area contributed by atoms with E-state index in [0.29, 0.717) is 0 Å². The number of nitrogens with zero attached hydrogens (tertiary/aromatic N) is 2. The first-order chi connectivity index (χ1) is 11.1. The molecule has 3 aliphatic rings. The Morgan fingerprint density at radius 1 is 0.760 bits per heavy atom. The summed E-state index contributed by atoms with van der Waals surface area (Å²) in [5, 5.41) is -0.625. The highest BCUT2D eigenvalue weighted by Crippen LogP contribution is 2.68. The van der Waals surface area contributed by atoms with Crippen LogP contribution in [0.4, 0.5) is 45.2 Å². The number of alkyl halides is 9. The van der Waals surface area contributed by atoms with Crippen molar-refractivity contribution >= 4 is 13.5 Å². The molecule has 0 saturated carbocycles. The van der Waals surface area contributed by atoms with Gasteiger partial charge in [-0.15, -0.1) is 19.0 Å². The second-order valence-corrected chi connectivity index (χ2v) is 6.00. The standard InChI is InChI=1S/C9H2F9N2O4P/c10-7(11,12)3-1-4(8(13,14)15)6(5(2-3)9(16,17)18)19-20-23-25(21,22-19)24-20/h1-2H. The highest BCUT2D eigenvalue weighted by Gasteiger charge is 2.62. The number of fused-ring (bicyclic) bond motifs is 1. The molecule has 3 aliphatic heterocycles. The van der Waals surface area contributed by atoms with Gasteiger partial charge in [-0.05, 0) is 12.1 Å². The fourth-order valence-electron chi connectivity index (χ4n) is 1.96. The molecule has 1 aromatic carbocycles. The number of benzene rings is 1. The van der Waals surface area contributed by atoms with Crippen molar-refractivity contribution in [3.05, 3.63) is 28.8 Å². The van der Waals surface area contributed by atoms with Gasteiger partial charge in [0.15, 0.2) is 0 Å². The molecule has 0 N–H and O–H groups in total. The molecule has 3 fully saturated rings. The number of anilines is 1. The molecule has 0 unspecified atom stereocenters. The summed E-state index contributed by atoms with van der Waals surface area (Å²) in [7, 11) is -4.42. The molecule has 4 rings (SSSR count). The van der Waals surface area contributed by atoms with Gasteiger partial charge in [0.25, 0.3) is 0 Å². The largest absolute Gasteiger partial charge is 0.538 e. The van der Waals surface area contributed by atoms with Crippen LogP contribution in [0.3, 0.4) is 0 Å². The van der Waals surface area contributed by atoms with Gasteiger partial charge in [-0.1, -0.05) is 0 Å². The van der Waals surface area contributed by atoms with Gasteiger partial charge in [0.05, 0.1) is 22.0 Å². The van der Waals surface area contributed by atoms with Gasteiger partial charge in [-0.3, -0.25) is 0 Å². The number of halogens is 9. The molecule has 140 valence electrons. The van der Waals surface area contributed by atoms with E-state index in [0.717, 1.165) is 0 Å². The Labute approximate surface area is 130 Å². The second kappa shape index (κ2) is 5.01. The van der Waals surface area contributed by atoms with E-state index in [1.807, 2.05) is 0 Å². The average molecular weight is 404 g/mol. The molecule has 3 heterocycles. The Hall–Kier alpha value is -1.54. The molecule has 0 aliphatic carbocycles. The predicted molar refractivity (Wildman–Crippen MR) is 56.6 cm³/mol. The first-order valence-electron chi connectivity index (χ1n) is 5.81. The minimum absolute atomic E-state index is 0.214. The predicted octanol–water partition coefficient (Wildman–Crippen LogP) is 4.70. The van der Waals surface area contributed by atoms with E-state index in [1.165, 1.54) is 0 Å². The zero-order valence-electron chi connectivity index (χ0n) is 11.0. The third-order valence-electron chi connectivity index (χ3n) is 2.90. The summed E-state index contributed by atoms with van der Waals surface area (Å²) in [4.78, 5) is 0. The average Bonchev–Trinajstić information content (AvgIpc) is 2.87. The Balaban J connectivity index is 2.29. The third-order valence-corrected chi connectivity index (χ3v) is 3.94. The van der Waals surface area contributed by atoms with E-state index < -0.39 is 66.0 Å². The Kier molecular flexibility index (Phi) is 3.66. The molecule has 0 atom stereocenters. The van der Waals surface area contributed by atoms with Gasteiger partial charge in [-0.25, -0.2) is 4.57 Å². The summed E-state index contributed by atoms with van der Waals surface area (Å²) in [6, 6.07) is -1.08. The van der Waals surface area contributed by atoms with Crippen LogP contribution in [-0.2, 0) is 37.0 Å². The molecule has 16 heteroatoms. The molecule has 1 aromatic rings. The van der Waals surface area contributed by atoms with Crippen molar-refractivity contribution in [3.63, 3.8) is 0 Å². The van der Waals surface area contributed by atoms with Gasteiger partial charge in [-0.2, -0.15) is 39.5 Å². The molecular formula is C9H2F9N2O4P. The molecule has 3 saturated heterocycles. The van der Waals surface area contributed by atoms with Crippen molar-refractivity contribution in [2.45, 2.75) is 18.5 Å². The topological polar surface area (TPSA) is 51.2 Å². The molecular weight excluding hydrogens is 402 g/mol. The van der Waals surface area contributed by atoms with Crippen molar-refractivity contribution in [3.8, 4) is 0 Å². The van der Waals surface area contributed by atoms with E-state index in [9.17, 15) is 44.1 Å². The minimum Gasteiger partial charge on any atom is -0.222 e. The number of hydrogen-bond donors (Lipinski definition) is 0. The smallest absolute Gasteiger partial charge is 0.222 e. The Bertz CT molecular complexity index is 729. The second-order valence-electron chi connectivity index (χ2n) is 4.62. The quantitative estimate of drug-likeness (QED) is 0.500. The lowest BCUT2D eigenvalue weighted by atomic mass is 10.0. The van der Waals surface area contributed by atoms with Gasteiger partial charge in [0.1, 0.15) is 5.69 Å². The van der Waals surface area contributed by atoms with Gasteiger partial charge in [0, 0.05) is 0 Å². The van der Waals surface area contributed by atoms with Crippen LogP contribution in [0.5, 0.6) is 0 Å². The Morgan fingerprint density at radius 2 is 1.20 bits per heavy atom. The number of phosphoric acid groups is 1. The SMILES string of the molecule is O=P12ON(O1)N(c1c(C(F)(F)F)cc(C(F)(F)F)cc1C(F)(F)F)O2. The maximum Gasteiger partial charge on any atom is 0.538 e. The lowest BCUT2D eigenvalue weighted by Gasteiger charge is -2.26. The van der Waals surface area contributed by atoms with Crippen LogP contribution in [0, 0.1) is 0 Å². The lowest BCUT2D eigenvalue weighted by Crippen LogP contribution is -2.37. The monoisotopic (exact) mass is 404 g/mol. The summed E-state index contributed by atoms with van der Waals surface area (Å²) >= 11 is 0. The third kappa shape index (κ3) is 3.06. The molecule has 0 radical (unpaired) electrons. The molecule has 6 nitrogen and oxygen atoms in total. The van der Waals surface area contributed by atoms with Crippen LogP contribution in [0.15, 0.2) is 12.1 Å². The summed E-state index contributed by atoms with van der Waals surface area (Å²) in [6.45, 7) is 0. The first kappa shape index (κ1) is 18.3. The van der Waals surface area contributed by atoms with E-state index in [4.69, 9.17) is 0 Å². The van der Waals surface area contributed by atoms with Crippen LogP contribution in [0.2, 0.25) is 0 Å². The van der Waals surface area contributed by atoms with E-state index >= 15 is 0 Å². The zero-order chi connectivity index (χ0) is 19.0. The maximum atomic E-state index is 13.1. The number of rotatable bonds is 1. The summed E-state index contributed by atoms with van der Waals surface area (Å²) < 4.78 is 140. The summed E-state index contributed by atoms with van der Waals surface area (Å²) in [5.41, 5.74) is -8.79. The van der Waals surface area contributed by atoms with Gasteiger partial charge < -0.3 is 0 Å². The minimum atomic E-state index is -5.65. The zero-order valence-corrected chi connectivity index (χ0v) is 11.9.